The number of benzene rings is 3. The van der Waals surface area contributed by atoms with E-state index in [-0.39, 0.29) is 18.0 Å². The highest BCUT2D eigenvalue weighted by Crippen LogP contribution is 2.24. The van der Waals surface area contributed by atoms with Crippen LogP contribution in [0.3, 0.4) is 0 Å². The molecule has 0 saturated carbocycles. The maximum absolute atomic E-state index is 12.5. The van der Waals surface area contributed by atoms with Crippen molar-refractivity contribution in [3.05, 3.63) is 89.5 Å². The summed E-state index contributed by atoms with van der Waals surface area (Å²) in [6.07, 6.45) is 6.28. The van der Waals surface area contributed by atoms with Crippen molar-refractivity contribution in [3.8, 4) is 16.9 Å². The predicted octanol–water partition coefficient (Wildman–Crippen LogP) is 8.29. The first-order valence-electron chi connectivity index (χ1n) is 13.2. The molecule has 190 valence electrons. The lowest BCUT2D eigenvalue weighted by molar-refractivity contribution is 0.0285. The van der Waals surface area contributed by atoms with Gasteiger partial charge in [0.05, 0.1) is 17.2 Å². The van der Waals surface area contributed by atoms with Crippen LogP contribution >= 0.6 is 0 Å². The van der Waals surface area contributed by atoms with Crippen molar-refractivity contribution in [2.24, 2.45) is 5.92 Å². The van der Waals surface area contributed by atoms with Crippen LogP contribution in [-0.4, -0.2) is 18.0 Å². The van der Waals surface area contributed by atoms with E-state index in [2.05, 4.69) is 20.8 Å². The van der Waals surface area contributed by atoms with Crippen molar-refractivity contribution in [3.63, 3.8) is 0 Å². The third-order valence-corrected chi connectivity index (χ3v) is 6.66. The molecule has 3 rings (SSSR count). The summed E-state index contributed by atoms with van der Waals surface area (Å²) in [5, 5.41) is 0. The molecule has 0 radical (unpaired) electrons. The molecule has 0 heterocycles. The van der Waals surface area contributed by atoms with Crippen LogP contribution in [0.5, 0.6) is 5.75 Å². The van der Waals surface area contributed by atoms with E-state index in [4.69, 9.17) is 9.47 Å². The van der Waals surface area contributed by atoms with Gasteiger partial charge in [-0.25, -0.2) is 9.59 Å². The number of hydrogen-bond acceptors (Lipinski definition) is 4. The van der Waals surface area contributed by atoms with E-state index < -0.39 is 0 Å². The Hall–Kier alpha value is -3.40. The number of carbonyl (C=O) groups is 2. The van der Waals surface area contributed by atoms with Gasteiger partial charge in [-0.15, -0.1) is 0 Å². The van der Waals surface area contributed by atoms with Gasteiger partial charge in [-0.05, 0) is 85.2 Å². The molecule has 4 nitrogen and oxygen atoms in total. The van der Waals surface area contributed by atoms with Crippen LogP contribution in [0.25, 0.3) is 11.1 Å². The molecule has 1 atom stereocenters. The highest BCUT2D eigenvalue weighted by atomic mass is 16.5. The first-order valence-corrected chi connectivity index (χ1v) is 13.2. The minimum Gasteiger partial charge on any atom is -0.459 e. The number of aryl methyl sites for hydroxylation is 1. The van der Waals surface area contributed by atoms with E-state index in [1.807, 2.05) is 55.5 Å². The van der Waals surface area contributed by atoms with Crippen molar-refractivity contribution in [2.45, 2.75) is 72.3 Å². The molecule has 0 amide bonds. The molecule has 0 spiro atoms. The lowest BCUT2D eigenvalue weighted by Crippen LogP contribution is -2.18. The molecule has 0 aliphatic heterocycles. The lowest BCUT2D eigenvalue weighted by atomic mass is 9.97. The van der Waals surface area contributed by atoms with Gasteiger partial charge >= 0.3 is 11.9 Å². The topological polar surface area (TPSA) is 52.6 Å². The Labute approximate surface area is 215 Å². The highest BCUT2D eigenvalue weighted by Gasteiger charge is 2.16. The minimum absolute atomic E-state index is 0.101. The van der Waals surface area contributed by atoms with Crippen molar-refractivity contribution in [1.29, 1.82) is 0 Å². The van der Waals surface area contributed by atoms with Crippen LogP contribution < -0.4 is 4.74 Å². The quantitative estimate of drug-likeness (QED) is 0.191. The Morgan fingerprint density at radius 3 is 1.81 bits per heavy atom. The number of rotatable bonds is 12. The summed E-state index contributed by atoms with van der Waals surface area (Å²) in [5.74, 6) is 0.408. The maximum Gasteiger partial charge on any atom is 0.343 e. The Balaban J connectivity index is 1.56. The average molecular weight is 487 g/mol. The van der Waals surface area contributed by atoms with Gasteiger partial charge in [0.2, 0.25) is 0 Å². The summed E-state index contributed by atoms with van der Waals surface area (Å²) in [7, 11) is 0. The first kappa shape index (κ1) is 27.2. The van der Waals surface area contributed by atoms with Crippen LogP contribution in [0.2, 0.25) is 0 Å². The molecule has 0 aliphatic rings. The normalized spacial score (nSPS) is 11.8. The molecular weight excluding hydrogens is 448 g/mol. The summed E-state index contributed by atoms with van der Waals surface area (Å²) in [6.45, 7) is 8.47. The van der Waals surface area contributed by atoms with Crippen LogP contribution in [0, 0.1) is 5.92 Å². The molecule has 0 unspecified atom stereocenters. The highest BCUT2D eigenvalue weighted by molar-refractivity contribution is 5.91. The number of ether oxygens (including phenoxy) is 2. The Bertz CT molecular complexity index is 1090. The Morgan fingerprint density at radius 1 is 0.722 bits per heavy atom. The SMILES string of the molecule is CCCCc1ccc(C(=O)Oc2ccc(-c3ccc(C(=O)O[C@H](C)CC(CC)CC)cc3)cc2)cc1. The smallest absolute Gasteiger partial charge is 0.343 e. The van der Waals surface area contributed by atoms with E-state index in [9.17, 15) is 9.59 Å². The fraction of sp³-hybridized carbons (Fsp3) is 0.375. The molecule has 3 aromatic rings. The van der Waals surface area contributed by atoms with Gasteiger partial charge in [-0.3, -0.25) is 0 Å². The van der Waals surface area contributed by atoms with Crippen LogP contribution in [0.1, 0.15) is 86.1 Å². The zero-order valence-electron chi connectivity index (χ0n) is 22.0. The fourth-order valence-electron chi connectivity index (χ4n) is 4.26. The molecule has 0 aliphatic carbocycles. The third-order valence-electron chi connectivity index (χ3n) is 6.66. The first-order chi connectivity index (χ1) is 17.4. The van der Waals surface area contributed by atoms with Crippen LogP contribution in [0.15, 0.2) is 72.8 Å². The monoisotopic (exact) mass is 486 g/mol. The van der Waals surface area contributed by atoms with Gasteiger partial charge in [0.1, 0.15) is 5.75 Å². The second-order valence-electron chi connectivity index (χ2n) is 9.43. The van der Waals surface area contributed by atoms with Gasteiger partial charge in [-0.1, -0.05) is 76.4 Å². The summed E-state index contributed by atoms with van der Waals surface area (Å²) in [5.41, 5.74) is 4.25. The zero-order valence-corrected chi connectivity index (χ0v) is 22.0. The van der Waals surface area contributed by atoms with E-state index >= 15 is 0 Å². The Kier molecular flexibility index (Phi) is 10.3. The van der Waals surface area contributed by atoms with Gasteiger partial charge < -0.3 is 9.47 Å². The predicted molar refractivity (Wildman–Crippen MR) is 145 cm³/mol. The summed E-state index contributed by atoms with van der Waals surface area (Å²) >= 11 is 0. The van der Waals surface area contributed by atoms with Gasteiger partial charge in [0.25, 0.3) is 0 Å². The second kappa shape index (κ2) is 13.6. The summed E-state index contributed by atoms with van der Waals surface area (Å²) < 4.78 is 11.2. The van der Waals surface area contributed by atoms with Crippen LogP contribution in [0.4, 0.5) is 0 Å². The van der Waals surface area contributed by atoms with Crippen molar-refractivity contribution >= 4 is 11.9 Å². The minimum atomic E-state index is -0.369. The molecule has 0 N–H and O–H groups in total. The number of esters is 2. The van der Waals surface area contributed by atoms with Crippen molar-refractivity contribution < 1.29 is 19.1 Å². The lowest BCUT2D eigenvalue weighted by Gasteiger charge is -2.18. The molecule has 0 saturated heterocycles. The summed E-state index contributed by atoms with van der Waals surface area (Å²) in [6, 6.07) is 22.4. The van der Waals surface area contributed by atoms with Gasteiger partial charge in [0.15, 0.2) is 0 Å². The number of hydrogen-bond donors (Lipinski definition) is 0. The average Bonchev–Trinajstić information content (AvgIpc) is 2.91. The van der Waals surface area contributed by atoms with E-state index in [0.717, 1.165) is 49.7 Å². The fourth-order valence-corrected chi connectivity index (χ4v) is 4.26. The largest absolute Gasteiger partial charge is 0.459 e. The molecule has 3 aromatic carbocycles. The Morgan fingerprint density at radius 2 is 1.25 bits per heavy atom. The zero-order chi connectivity index (χ0) is 25.9. The number of unbranched alkanes of at least 4 members (excludes halogenated alkanes) is 1. The molecule has 0 fully saturated rings. The summed E-state index contributed by atoms with van der Waals surface area (Å²) in [4.78, 5) is 25.0. The number of carbonyl (C=O) groups excluding carboxylic acids is 2. The van der Waals surface area contributed by atoms with Gasteiger partial charge in [-0.2, -0.15) is 0 Å². The maximum atomic E-state index is 12.5. The van der Waals surface area contributed by atoms with Crippen molar-refractivity contribution in [1.82, 2.24) is 0 Å². The third kappa shape index (κ3) is 7.81. The van der Waals surface area contributed by atoms with E-state index in [0.29, 0.717) is 22.8 Å². The van der Waals surface area contributed by atoms with Gasteiger partial charge in [0, 0.05) is 0 Å². The van der Waals surface area contributed by atoms with E-state index in [1.54, 1.807) is 24.3 Å². The molecule has 0 bridgehead atoms. The molecular formula is C32H38O4. The molecule has 0 aromatic heterocycles. The standard InChI is InChI=1S/C32H38O4/c1-5-8-9-25-10-12-28(13-11-25)32(34)36-30-20-18-27(19-21-30)26-14-16-29(17-15-26)31(33)35-23(4)22-24(6-2)7-3/h10-21,23-24H,5-9,22H2,1-4H3/t23-/m1/s1. The van der Waals surface area contributed by atoms with Crippen LogP contribution in [-0.2, 0) is 11.2 Å². The molecule has 4 heteroatoms. The van der Waals surface area contributed by atoms with Crippen molar-refractivity contribution in [2.75, 3.05) is 0 Å². The second-order valence-corrected chi connectivity index (χ2v) is 9.43. The van der Waals surface area contributed by atoms with E-state index in [1.165, 1.54) is 5.56 Å². The molecule has 36 heavy (non-hydrogen) atoms.